The van der Waals surface area contributed by atoms with Gasteiger partial charge in [-0.3, -0.25) is 4.79 Å². The number of carboxylic acids is 1. The van der Waals surface area contributed by atoms with Crippen molar-refractivity contribution in [2.24, 2.45) is 5.73 Å². The van der Waals surface area contributed by atoms with Crippen molar-refractivity contribution in [1.82, 2.24) is 9.55 Å². The van der Waals surface area contributed by atoms with Gasteiger partial charge in [0, 0.05) is 18.7 Å². The van der Waals surface area contributed by atoms with Crippen LogP contribution in [0.3, 0.4) is 0 Å². The summed E-state index contributed by atoms with van der Waals surface area (Å²) in [6.07, 6.45) is 2.44. The van der Waals surface area contributed by atoms with E-state index in [-0.39, 0.29) is 0 Å². The van der Waals surface area contributed by atoms with Crippen molar-refractivity contribution in [1.29, 1.82) is 0 Å². The van der Waals surface area contributed by atoms with Gasteiger partial charge in [-0.05, 0) is 19.8 Å². The van der Waals surface area contributed by atoms with Gasteiger partial charge in [0.2, 0.25) is 0 Å². The molecule has 0 saturated heterocycles. The number of aromatic nitrogens is 2. The highest BCUT2D eigenvalue weighted by Crippen LogP contribution is 2.21. The number of nitrogens with zero attached hydrogens (tertiary/aromatic N) is 2. The summed E-state index contributed by atoms with van der Waals surface area (Å²) < 4.78 is 2.16. The van der Waals surface area contributed by atoms with Crippen LogP contribution in [0.1, 0.15) is 23.6 Å². The third kappa shape index (κ3) is 1.74. The number of rotatable bonds is 3. The smallest absolute Gasteiger partial charge is 0.320 e. The molecule has 82 valence electrons. The van der Waals surface area contributed by atoms with E-state index in [1.807, 2.05) is 6.92 Å². The SMILES string of the molecule is Cc1nc(CC(N)C(=O)O)c2n1CCC2. The fraction of sp³-hybridized carbons (Fsp3) is 0.600. The third-order valence-electron chi connectivity index (χ3n) is 2.87. The standard InChI is InChI=1S/C10H15N3O2/c1-6-12-8(5-7(11)10(14)15)9-3-2-4-13(6)9/h7H,2-5,11H2,1H3,(H,14,15). The Hall–Kier alpha value is -1.36. The Kier molecular flexibility index (Phi) is 2.48. The monoisotopic (exact) mass is 209 g/mol. The number of fused-ring (bicyclic) bond motifs is 1. The second kappa shape index (κ2) is 3.66. The Bertz CT molecular complexity index is 398. The molecular weight excluding hydrogens is 194 g/mol. The van der Waals surface area contributed by atoms with E-state index < -0.39 is 12.0 Å². The first-order chi connectivity index (χ1) is 7.09. The molecular formula is C10H15N3O2. The summed E-state index contributed by atoms with van der Waals surface area (Å²) >= 11 is 0. The summed E-state index contributed by atoms with van der Waals surface area (Å²) in [6.45, 7) is 2.95. The van der Waals surface area contributed by atoms with Crippen LogP contribution in [0.25, 0.3) is 0 Å². The predicted molar refractivity (Wildman–Crippen MR) is 54.6 cm³/mol. The first-order valence-electron chi connectivity index (χ1n) is 5.13. The number of carboxylic acid groups (broad SMARTS) is 1. The maximum absolute atomic E-state index is 10.7. The van der Waals surface area contributed by atoms with E-state index in [2.05, 4.69) is 9.55 Å². The molecule has 5 nitrogen and oxygen atoms in total. The van der Waals surface area contributed by atoms with Crippen LogP contribution in [0.4, 0.5) is 0 Å². The molecule has 0 fully saturated rings. The second-order valence-electron chi connectivity index (χ2n) is 3.96. The minimum absolute atomic E-state index is 0.332. The highest BCUT2D eigenvalue weighted by atomic mass is 16.4. The zero-order chi connectivity index (χ0) is 11.0. The lowest BCUT2D eigenvalue weighted by Gasteiger charge is -2.04. The van der Waals surface area contributed by atoms with Gasteiger partial charge in [0.15, 0.2) is 0 Å². The highest BCUT2D eigenvalue weighted by Gasteiger charge is 2.22. The molecule has 0 bridgehead atoms. The molecule has 1 unspecified atom stereocenters. The summed E-state index contributed by atoms with van der Waals surface area (Å²) in [5.41, 5.74) is 7.53. The number of hydrogen-bond donors (Lipinski definition) is 2. The van der Waals surface area contributed by atoms with Gasteiger partial charge in [-0.25, -0.2) is 4.98 Å². The Morgan fingerprint density at radius 3 is 3.13 bits per heavy atom. The normalized spacial score (nSPS) is 16.4. The van der Waals surface area contributed by atoms with Crippen molar-refractivity contribution in [3.05, 3.63) is 17.2 Å². The lowest BCUT2D eigenvalue weighted by atomic mass is 10.1. The van der Waals surface area contributed by atoms with Gasteiger partial charge in [0.1, 0.15) is 11.9 Å². The molecule has 0 aromatic carbocycles. The van der Waals surface area contributed by atoms with Gasteiger partial charge < -0.3 is 15.4 Å². The van der Waals surface area contributed by atoms with Gasteiger partial charge >= 0.3 is 5.97 Å². The zero-order valence-corrected chi connectivity index (χ0v) is 8.73. The first kappa shape index (κ1) is 10.2. The molecule has 15 heavy (non-hydrogen) atoms. The van der Waals surface area contributed by atoms with Gasteiger partial charge in [-0.2, -0.15) is 0 Å². The van der Waals surface area contributed by atoms with Gasteiger partial charge in [0.25, 0.3) is 0 Å². The van der Waals surface area contributed by atoms with E-state index >= 15 is 0 Å². The maximum atomic E-state index is 10.7. The fourth-order valence-corrected chi connectivity index (χ4v) is 2.11. The molecule has 5 heteroatoms. The van der Waals surface area contributed by atoms with Crippen LogP contribution >= 0.6 is 0 Å². The predicted octanol–water partition coefficient (Wildman–Crippen LogP) is 0.0921. The molecule has 0 amide bonds. The van der Waals surface area contributed by atoms with E-state index in [1.54, 1.807) is 0 Å². The summed E-state index contributed by atoms with van der Waals surface area (Å²) in [6, 6.07) is -0.843. The zero-order valence-electron chi connectivity index (χ0n) is 8.73. The Balaban J connectivity index is 2.22. The molecule has 2 rings (SSSR count). The molecule has 0 spiro atoms. The van der Waals surface area contributed by atoms with Gasteiger partial charge in [-0.15, -0.1) is 0 Å². The van der Waals surface area contributed by atoms with Crippen molar-refractivity contribution in [2.45, 2.75) is 38.8 Å². The summed E-state index contributed by atoms with van der Waals surface area (Å²) in [7, 11) is 0. The highest BCUT2D eigenvalue weighted by molar-refractivity contribution is 5.73. The van der Waals surface area contributed by atoms with Crippen LogP contribution in [-0.2, 0) is 24.2 Å². The third-order valence-corrected chi connectivity index (χ3v) is 2.87. The lowest BCUT2D eigenvalue weighted by Crippen LogP contribution is -2.32. The molecule has 0 aliphatic carbocycles. The van der Waals surface area contributed by atoms with Crippen molar-refractivity contribution in [3.8, 4) is 0 Å². The van der Waals surface area contributed by atoms with Crippen LogP contribution in [-0.4, -0.2) is 26.7 Å². The average Bonchev–Trinajstić information content (AvgIpc) is 2.72. The summed E-state index contributed by atoms with van der Waals surface area (Å²) in [5, 5.41) is 8.74. The van der Waals surface area contributed by atoms with Crippen LogP contribution in [0.15, 0.2) is 0 Å². The molecule has 0 saturated carbocycles. The van der Waals surface area contributed by atoms with Crippen molar-refractivity contribution in [3.63, 3.8) is 0 Å². The molecule has 1 aliphatic heterocycles. The van der Waals surface area contributed by atoms with E-state index in [9.17, 15) is 4.79 Å². The average molecular weight is 209 g/mol. The largest absolute Gasteiger partial charge is 0.480 e. The lowest BCUT2D eigenvalue weighted by molar-refractivity contribution is -0.138. The Morgan fingerprint density at radius 1 is 1.73 bits per heavy atom. The van der Waals surface area contributed by atoms with Crippen LogP contribution < -0.4 is 5.73 Å². The fourth-order valence-electron chi connectivity index (χ4n) is 2.11. The number of nitrogens with two attached hydrogens (primary N) is 1. The molecule has 0 radical (unpaired) electrons. The van der Waals surface area contributed by atoms with E-state index in [0.717, 1.165) is 30.9 Å². The van der Waals surface area contributed by atoms with Crippen LogP contribution in [0.2, 0.25) is 0 Å². The Labute approximate surface area is 87.9 Å². The number of aryl methyl sites for hydroxylation is 1. The maximum Gasteiger partial charge on any atom is 0.320 e. The van der Waals surface area contributed by atoms with Crippen LogP contribution in [0, 0.1) is 6.92 Å². The molecule has 1 atom stereocenters. The topological polar surface area (TPSA) is 81.1 Å². The van der Waals surface area contributed by atoms with Gasteiger partial charge in [-0.1, -0.05) is 0 Å². The van der Waals surface area contributed by atoms with E-state index in [4.69, 9.17) is 10.8 Å². The minimum Gasteiger partial charge on any atom is -0.480 e. The molecule has 3 N–H and O–H groups in total. The molecule has 2 heterocycles. The Morgan fingerprint density at radius 2 is 2.47 bits per heavy atom. The van der Waals surface area contributed by atoms with Gasteiger partial charge in [0.05, 0.1) is 5.69 Å². The second-order valence-corrected chi connectivity index (χ2v) is 3.96. The molecule has 1 aromatic heterocycles. The first-order valence-corrected chi connectivity index (χ1v) is 5.13. The number of aliphatic carboxylic acids is 1. The quantitative estimate of drug-likeness (QED) is 0.739. The van der Waals surface area contributed by atoms with Crippen molar-refractivity contribution in [2.75, 3.05) is 0 Å². The molecule has 1 aromatic rings. The van der Waals surface area contributed by atoms with E-state index in [0.29, 0.717) is 6.42 Å². The number of imidazole rings is 1. The van der Waals surface area contributed by atoms with E-state index in [1.165, 1.54) is 5.69 Å². The number of hydrogen-bond acceptors (Lipinski definition) is 3. The summed E-state index contributed by atoms with van der Waals surface area (Å²) in [4.78, 5) is 15.0. The van der Waals surface area contributed by atoms with Crippen molar-refractivity contribution < 1.29 is 9.90 Å². The summed E-state index contributed by atoms with van der Waals surface area (Å²) in [5.74, 6) is 0.00230. The molecule has 1 aliphatic rings. The number of carbonyl (C=O) groups is 1. The van der Waals surface area contributed by atoms with Crippen molar-refractivity contribution >= 4 is 5.97 Å². The van der Waals surface area contributed by atoms with Crippen LogP contribution in [0.5, 0.6) is 0 Å². The minimum atomic E-state index is -0.965.